The van der Waals surface area contributed by atoms with E-state index in [0.29, 0.717) is 25.4 Å². The number of nitrogens with one attached hydrogen (secondary N) is 2. The Morgan fingerprint density at radius 3 is 2.52 bits per heavy atom. The lowest BCUT2D eigenvalue weighted by Crippen LogP contribution is -2.49. The molecule has 1 aliphatic heterocycles. The van der Waals surface area contributed by atoms with Crippen LogP contribution in [0.3, 0.4) is 0 Å². The SMILES string of the molecule is CCNC(=NCC(O)(CC)CC)NC1CCN(Cc2ccc(OC)c(F)c2)CC1. The number of guanidine groups is 1. The highest BCUT2D eigenvalue weighted by Crippen LogP contribution is 2.20. The summed E-state index contributed by atoms with van der Waals surface area (Å²) in [5, 5.41) is 17.3. The summed E-state index contributed by atoms with van der Waals surface area (Å²) in [5.74, 6) is 0.737. The molecule has 0 bridgehead atoms. The molecule has 1 heterocycles. The van der Waals surface area contributed by atoms with Gasteiger partial charge in [-0.3, -0.25) is 9.89 Å². The lowest BCUT2D eigenvalue weighted by molar-refractivity contribution is 0.0417. The molecule has 0 atom stereocenters. The summed E-state index contributed by atoms with van der Waals surface area (Å²) in [4.78, 5) is 6.96. The molecule has 1 aromatic carbocycles. The van der Waals surface area contributed by atoms with Gasteiger partial charge in [-0.1, -0.05) is 19.9 Å². The average Bonchev–Trinajstić information content (AvgIpc) is 2.73. The zero-order chi connectivity index (χ0) is 21.3. The molecule has 164 valence electrons. The van der Waals surface area contributed by atoms with Crippen molar-refractivity contribution in [2.45, 2.75) is 64.6 Å². The maximum Gasteiger partial charge on any atom is 0.191 e. The largest absolute Gasteiger partial charge is 0.494 e. The van der Waals surface area contributed by atoms with E-state index in [-0.39, 0.29) is 11.6 Å². The molecule has 29 heavy (non-hydrogen) atoms. The van der Waals surface area contributed by atoms with Crippen LogP contribution in [0.5, 0.6) is 5.75 Å². The number of ether oxygens (including phenoxy) is 1. The number of benzene rings is 1. The van der Waals surface area contributed by atoms with Crippen LogP contribution in [-0.4, -0.2) is 60.9 Å². The van der Waals surface area contributed by atoms with Gasteiger partial charge in [0.15, 0.2) is 17.5 Å². The summed E-state index contributed by atoms with van der Waals surface area (Å²) >= 11 is 0. The molecule has 7 heteroatoms. The van der Waals surface area contributed by atoms with Crippen LogP contribution in [0.2, 0.25) is 0 Å². The van der Waals surface area contributed by atoms with Crippen molar-refractivity contribution in [2.75, 3.05) is 33.3 Å². The quantitative estimate of drug-likeness (QED) is 0.433. The molecule has 1 saturated heterocycles. The second-order valence-corrected chi connectivity index (χ2v) is 7.79. The molecular weight excluding hydrogens is 371 g/mol. The second kappa shape index (κ2) is 11.4. The topological polar surface area (TPSA) is 69.1 Å². The van der Waals surface area contributed by atoms with Crippen LogP contribution in [-0.2, 0) is 6.54 Å². The van der Waals surface area contributed by atoms with Gasteiger partial charge in [-0.15, -0.1) is 0 Å². The van der Waals surface area contributed by atoms with Crippen LogP contribution in [0.25, 0.3) is 0 Å². The van der Waals surface area contributed by atoms with Crippen LogP contribution < -0.4 is 15.4 Å². The first-order chi connectivity index (χ1) is 13.9. The van der Waals surface area contributed by atoms with E-state index >= 15 is 0 Å². The number of rotatable bonds is 9. The first kappa shape index (κ1) is 23.4. The number of hydrogen-bond acceptors (Lipinski definition) is 4. The Kier molecular flexibility index (Phi) is 9.17. The van der Waals surface area contributed by atoms with E-state index in [9.17, 15) is 9.50 Å². The summed E-state index contributed by atoms with van der Waals surface area (Å²) in [6.45, 7) is 9.83. The molecule has 0 amide bonds. The van der Waals surface area contributed by atoms with Gasteiger partial charge in [0.1, 0.15) is 0 Å². The van der Waals surface area contributed by atoms with Crippen molar-refractivity contribution in [3.63, 3.8) is 0 Å². The third-order valence-corrected chi connectivity index (χ3v) is 5.74. The van der Waals surface area contributed by atoms with Crippen LogP contribution >= 0.6 is 0 Å². The number of aliphatic imine (C=N–C) groups is 1. The van der Waals surface area contributed by atoms with Gasteiger partial charge in [0, 0.05) is 32.2 Å². The number of hydrogen-bond donors (Lipinski definition) is 3. The van der Waals surface area contributed by atoms with Crippen molar-refractivity contribution < 1.29 is 14.2 Å². The fourth-order valence-electron chi connectivity index (χ4n) is 3.52. The molecular formula is C22H37FN4O2. The third-order valence-electron chi connectivity index (χ3n) is 5.74. The fourth-order valence-corrected chi connectivity index (χ4v) is 3.52. The highest BCUT2D eigenvalue weighted by molar-refractivity contribution is 5.80. The van der Waals surface area contributed by atoms with E-state index in [1.165, 1.54) is 7.11 Å². The minimum atomic E-state index is -0.737. The first-order valence-electron chi connectivity index (χ1n) is 10.7. The van der Waals surface area contributed by atoms with Crippen molar-refractivity contribution in [3.05, 3.63) is 29.6 Å². The van der Waals surface area contributed by atoms with E-state index in [2.05, 4.69) is 20.5 Å². The Morgan fingerprint density at radius 1 is 1.28 bits per heavy atom. The summed E-state index contributed by atoms with van der Waals surface area (Å²) in [6.07, 6.45) is 3.37. The van der Waals surface area contributed by atoms with E-state index in [1.54, 1.807) is 12.1 Å². The van der Waals surface area contributed by atoms with Crippen molar-refractivity contribution in [3.8, 4) is 5.75 Å². The average molecular weight is 409 g/mol. The lowest BCUT2D eigenvalue weighted by atomic mass is 9.98. The third kappa shape index (κ3) is 7.16. The van der Waals surface area contributed by atoms with Gasteiger partial charge < -0.3 is 20.5 Å². The van der Waals surface area contributed by atoms with Crippen LogP contribution in [0.4, 0.5) is 4.39 Å². The monoisotopic (exact) mass is 408 g/mol. The molecule has 6 nitrogen and oxygen atoms in total. The predicted octanol–water partition coefficient (Wildman–Crippen LogP) is 2.90. The van der Waals surface area contributed by atoms with Gasteiger partial charge in [-0.05, 0) is 50.3 Å². The zero-order valence-corrected chi connectivity index (χ0v) is 18.3. The Morgan fingerprint density at radius 2 is 1.97 bits per heavy atom. The number of likely N-dealkylation sites (tertiary alicyclic amines) is 1. The summed E-state index contributed by atoms with van der Waals surface area (Å²) in [7, 11) is 1.48. The van der Waals surface area contributed by atoms with Crippen molar-refractivity contribution in [2.24, 2.45) is 4.99 Å². The van der Waals surface area contributed by atoms with Gasteiger partial charge in [0.25, 0.3) is 0 Å². The molecule has 3 N–H and O–H groups in total. The maximum atomic E-state index is 13.9. The van der Waals surface area contributed by atoms with Crippen molar-refractivity contribution in [1.29, 1.82) is 0 Å². The molecule has 2 rings (SSSR count). The second-order valence-electron chi connectivity index (χ2n) is 7.79. The zero-order valence-electron chi connectivity index (χ0n) is 18.3. The number of nitrogens with zero attached hydrogens (tertiary/aromatic N) is 2. The Balaban J connectivity index is 1.86. The van der Waals surface area contributed by atoms with Crippen LogP contribution in [0.15, 0.2) is 23.2 Å². The smallest absolute Gasteiger partial charge is 0.191 e. The fraction of sp³-hybridized carbons (Fsp3) is 0.682. The van der Waals surface area contributed by atoms with Gasteiger partial charge in [0.2, 0.25) is 0 Å². The number of aliphatic hydroxyl groups is 1. The normalized spacial score (nSPS) is 16.7. The number of piperidine rings is 1. The van der Waals surface area contributed by atoms with Crippen LogP contribution in [0, 0.1) is 5.82 Å². The first-order valence-corrected chi connectivity index (χ1v) is 10.7. The van der Waals surface area contributed by atoms with E-state index in [4.69, 9.17) is 4.74 Å². The van der Waals surface area contributed by atoms with Crippen molar-refractivity contribution >= 4 is 5.96 Å². The number of methoxy groups -OCH3 is 1. The van der Waals surface area contributed by atoms with Crippen LogP contribution in [0.1, 0.15) is 52.0 Å². The summed E-state index contributed by atoms with van der Waals surface area (Å²) < 4.78 is 18.9. The Hall–Kier alpha value is -1.86. The Labute approximate surface area is 174 Å². The van der Waals surface area contributed by atoms with E-state index < -0.39 is 5.60 Å². The van der Waals surface area contributed by atoms with E-state index in [0.717, 1.165) is 50.5 Å². The molecule has 1 aliphatic rings. The van der Waals surface area contributed by atoms with E-state index in [1.807, 2.05) is 26.8 Å². The number of halogens is 1. The summed E-state index contributed by atoms with van der Waals surface area (Å²) in [6, 6.07) is 5.51. The minimum Gasteiger partial charge on any atom is -0.494 e. The molecule has 0 saturated carbocycles. The lowest BCUT2D eigenvalue weighted by Gasteiger charge is -2.33. The molecule has 0 spiro atoms. The molecule has 0 unspecified atom stereocenters. The Bertz CT molecular complexity index is 656. The molecule has 1 fully saturated rings. The standard InChI is InChI=1S/C22H37FN4O2/c1-5-22(28,6-2)16-25-21(24-7-3)26-18-10-12-27(13-11-18)15-17-8-9-20(29-4)19(23)14-17/h8-9,14,18,28H,5-7,10-13,15-16H2,1-4H3,(H2,24,25,26). The summed E-state index contributed by atoms with van der Waals surface area (Å²) in [5.41, 5.74) is 0.224. The van der Waals surface area contributed by atoms with Gasteiger partial charge in [-0.25, -0.2) is 4.39 Å². The highest BCUT2D eigenvalue weighted by atomic mass is 19.1. The van der Waals surface area contributed by atoms with Crippen molar-refractivity contribution in [1.82, 2.24) is 15.5 Å². The predicted molar refractivity (Wildman–Crippen MR) is 116 cm³/mol. The molecule has 0 radical (unpaired) electrons. The molecule has 0 aromatic heterocycles. The van der Waals surface area contributed by atoms with Gasteiger partial charge >= 0.3 is 0 Å². The molecule has 0 aliphatic carbocycles. The molecule has 1 aromatic rings. The van der Waals surface area contributed by atoms with Gasteiger partial charge in [0.05, 0.1) is 19.3 Å². The highest BCUT2D eigenvalue weighted by Gasteiger charge is 2.23. The minimum absolute atomic E-state index is 0.282. The van der Waals surface area contributed by atoms with Gasteiger partial charge in [-0.2, -0.15) is 0 Å². The maximum absolute atomic E-state index is 13.9.